The molecule has 250 valence electrons. The molecule has 4 aromatic carbocycles. The molecule has 6 heteroatoms. The number of rotatable bonds is 17. The lowest BCUT2D eigenvalue weighted by molar-refractivity contribution is 0.0686. The van der Waals surface area contributed by atoms with Crippen molar-refractivity contribution in [1.29, 1.82) is 0 Å². The Morgan fingerprint density at radius 3 is 1.17 bits per heavy atom. The van der Waals surface area contributed by atoms with E-state index in [-0.39, 0.29) is 0 Å². The highest BCUT2D eigenvalue weighted by atomic mass is 16.4. The highest BCUT2D eigenvalue weighted by Crippen LogP contribution is 2.37. The van der Waals surface area contributed by atoms with E-state index < -0.39 is 11.9 Å². The van der Waals surface area contributed by atoms with Gasteiger partial charge in [-0.25, -0.2) is 9.59 Å². The summed E-state index contributed by atoms with van der Waals surface area (Å²) in [6.45, 7) is 6.15. The standard InChI is InChI=1S/C42H48N2O4/c1-3-5-7-9-11-13-23-43-37-25-29(15-19-33(37)35-21-17-31(41(45)46)27-39(35)43)30-16-20-34-36-22-18-32(42(47)48)28-40(36)44(38(34)26-30)24-14-12-10-8-6-4-2/h15-22,25-28H,3-14,23-24H2,1-2H3,(H,45,46)(H,47,48). The van der Waals surface area contributed by atoms with Crippen LogP contribution in [0.2, 0.25) is 0 Å². The van der Waals surface area contributed by atoms with E-state index in [0.29, 0.717) is 11.1 Å². The zero-order chi connectivity index (χ0) is 33.6. The van der Waals surface area contributed by atoms with E-state index in [1.165, 1.54) is 51.4 Å². The molecule has 6 aromatic rings. The average molecular weight is 645 g/mol. The predicted octanol–water partition coefficient (Wildman–Crippen LogP) is 11.7. The molecular weight excluding hydrogens is 596 g/mol. The summed E-state index contributed by atoms with van der Waals surface area (Å²) in [6, 6.07) is 24.2. The minimum Gasteiger partial charge on any atom is -0.478 e. The minimum atomic E-state index is -0.908. The van der Waals surface area contributed by atoms with E-state index in [2.05, 4.69) is 59.4 Å². The Bertz CT molecular complexity index is 1930. The van der Waals surface area contributed by atoms with Crippen LogP contribution in [-0.4, -0.2) is 31.3 Å². The van der Waals surface area contributed by atoms with Crippen molar-refractivity contribution in [3.63, 3.8) is 0 Å². The molecule has 2 aromatic heterocycles. The normalized spacial score (nSPS) is 11.8. The molecule has 0 saturated heterocycles. The fraction of sp³-hybridized carbons (Fsp3) is 0.381. The third kappa shape index (κ3) is 6.85. The van der Waals surface area contributed by atoms with Gasteiger partial charge in [0.25, 0.3) is 0 Å². The maximum absolute atomic E-state index is 11.9. The molecule has 0 atom stereocenters. The number of hydrogen-bond acceptors (Lipinski definition) is 2. The summed E-state index contributed by atoms with van der Waals surface area (Å²) in [5.74, 6) is -1.82. The Balaban J connectivity index is 1.41. The molecular formula is C42H48N2O4. The van der Waals surface area contributed by atoms with Crippen molar-refractivity contribution in [3.05, 3.63) is 83.9 Å². The average Bonchev–Trinajstić information content (AvgIpc) is 3.58. The molecule has 0 fully saturated rings. The van der Waals surface area contributed by atoms with Crippen LogP contribution >= 0.6 is 0 Å². The molecule has 0 spiro atoms. The summed E-state index contributed by atoms with van der Waals surface area (Å²) >= 11 is 0. The number of carboxylic acids is 2. The van der Waals surface area contributed by atoms with E-state index in [4.69, 9.17) is 0 Å². The first-order valence-corrected chi connectivity index (χ1v) is 18.0. The second kappa shape index (κ2) is 15.1. The largest absolute Gasteiger partial charge is 0.478 e. The second-order valence-corrected chi connectivity index (χ2v) is 13.4. The molecule has 0 aliphatic carbocycles. The van der Waals surface area contributed by atoms with Gasteiger partial charge in [0.15, 0.2) is 0 Å². The number of nitrogens with zero attached hydrogens (tertiary/aromatic N) is 2. The first kappa shape index (κ1) is 33.3. The predicted molar refractivity (Wildman–Crippen MR) is 199 cm³/mol. The number of carboxylic acid groups (broad SMARTS) is 2. The van der Waals surface area contributed by atoms with Crippen molar-refractivity contribution in [3.8, 4) is 11.1 Å². The monoisotopic (exact) mass is 644 g/mol. The zero-order valence-electron chi connectivity index (χ0n) is 28.4. The number of aryl methyl sites for hydroxylation is 2. The number of benzene rings is 4. The SMILES string of the molecule is CCCCCCCCn1c2cc(C(=O)O)ccc2c2ccc(-c3ccc4c5ccc(C(=O)O)cc5n(CCCCCCCC)c4c3)cc21. The molecule has 0 aliphatic rings. The lowest BCUT2D eigenvalue weighted by atomic mass is 10.0. The summed E-state index contributed by atoms with van der Waals surface area (Å²) < 4.78 is 4.64. The molecule has 0 saturated carbocycles. The quantitative estimate of drug-likeness (QED) is 0.0968. The van der Waals surface area contributed by atoms with Gasteiger partial charge in [0.1, 0.15) is 0 Å². The van der Waals surface area contributed by atoms with Crippen LogP contribution in [0.4, 0.5) is 0 Å². The Morgan fingerprint density at radius 1 is 0.458 bits per heavy atom. The summed E-state index contributed by atoms with van der Waals surface area (Å²) in [4.78, 5) is 23.8. The summed E-state index contributed by atoms with van der Waals surface area (Å²) in [7, 11) is 0. The van der Waals surface area contributed by atoms with Crippen LogP contribution in [-0.2, 0) is 13.1 Å². The number of unbranched alkanes of at least 4 members (excludes halogenated alkanes) is 10. The van der Waals surface area contributed by atoms with E-state index >= 15 is 0 Å². The van der Waals surface area contributed by atoms with Crippen LogP contribution in [0.3, 0.4) is 0 Å². The molecule has 2 N–H and O–H groups in total. The van der Waals surface area contributed by atoms with Gasteiger partial charge in [-0.05, 0) is 60.4 Å². The van der Waals surface area contributed by atoms with Crippen molar-refractivity contribution < 1.29 is 19.8 Å². The van der Waals surface area contributed by atoms with Crippen LogP contribution in [0.25, 0.3) is 54.7 Å². The van der Waals surface area contributed by atoms with Gasteiger partial charge >= 0.3 is 11.9 Å². The molecule has 0 unspecified atom stereocenters. The van der Waals surface area contributed by atoms with Gasteiger partial charge in [-0.2, -0.15) is 0 Å². The van der Waals surface area contributed by atoms with E-state index in [0.717, 1.165) is 93.5 Å². The highest BCUT2D eigenvalue weighted by Gasteiger charge is 2.17. The van der Waals surface area contributed by atoms with Crippen LogP contribution in [0.5, 0.6) is 0 Å². The molecule has 0 aliphatic heterocycles. The van der Waals surface area contributed by atoms with Crippen LogP contribution in [0.1, 0.15) is 112 Å². The zero-order valence-corrected chi connectivity index (χ0v) is 28.4. The number of carbonyl (C=O) groups is 2. The Labute approximate surface area is 283 Å². The maximum atomic E-state index is 11.9. The van der Waals surface area contributed by atoms with Gasteiger partial charge in [-0.1, -0.05) is 114 Å². The third-order valence-electron chi connectivity index (χ3n) is 10.0. The first-order valence-electron chi connectivity index (χ1n) is 18.0. The van der Waals surface area contributed by atoms with Crippen molar-refractivity contribution in [2.45, 2.75) is 104 Å². The van der Waals surface area contributed by atoms with Crippen molar-refractivity contribution in [2.75, 3.05) is 0 Å². The van der Waals surface area contributed by atoms with E-state index in [9.17, 15) is 19.8 Å². The summed E-state index contributed by atoms with van der Waals surface area (Å²) in [5, 5.41) is 24.0. The van der Waals surface area contributed by atoms with Gasteiger partial charge in [-0.3, -0.25) is 0 Å². The maximum Gasteiger partial charge on any atom is 0.335 e. The van der Waals surface area contributed by atoms with Gasteiger partial charge in [0, 0.05) is 56.7 Å². The summed E-state index contributed by atoms with van der Waals surface area (Å²) in [5.41, 5.74) is 7.03. The smallest absolute Gasteiger partial charge is 0.335 e. The summed E-state index contributed by atoms with van der Waals surface area (Å²) in [6.07, 6.45) is 14.3. The number of hydrogen-bond donors (Lipinski definition) is 2. The highest BCUT2D eigenvalue weighted by molar-refractivity contribution is 6.12. The number of aromatic nitrogens is 2. The van der Waals surface area contributed by atoms with Crippen molar-refractivity contribution in [1.82, 2.24) is 9.13 Å². The lowest BCUT2D eigenvalue weighted by Gasteiger charge is -2.11. The molecule has 2 heterocycles. The number of aromatic carboxylic acids is 2. The van der Waals surface area contributed by atoms with Crippen LogP contribution < -0.4 is 0 Å². The minimum absolute atomic E-state index is 0.310. The lowest BCUT2D eigenvalue weighted by Crippen LogP contribution is -2.01. The van der Waals surface area contributed by atoms with Crippen molar-refractivity contribution >= 4 is 55.6 Å². The van der Waals surface area contributed by atoms with E-state index in [1.807, 2.05) is 24.3 Å². The molecule has 6 nitrogen and oxygen atoms in total. The van der Waals surface area contributed by atoms with Gasteiger partial charge < -0.3 is 19.3 Å². The molecule has 48 heavy (non-hydrogen) atoms. The molecule has 6 rings (SSSR count). The van der Waals surface area contributed by atoms with Crippen molar-refractivity contribution in [2.24, 2.45) is 0 Å². The number of fused-ring (bicyclic) bond motifs is 6. The van der Waals surface area contributed by atoms with E-state index in [1.54, 1.807) is 12.1 Å². The van der Waals surface area contributed by atoms with Gasteiger partial charge in [-0.15, -0.1) is 0 Å². The Kier molecular flexibility index (Phi) is 10.5. The van der Waals surface area contributed by atoms with Gasteiger partial charge in [0.2, 0.25) is 0 Å². The van der Waals surface area contributed by atoms with Gasteiger partial charge in [0.05, 0.1) is 11.1 Å². The van der Waals surface area contributed by atoms with Crippen LogP contribution in [0, 0.1) is 0 Å². The third-order valence-corrected chi connectivity index (χ3v) is 10.0. The molecule has 0 bridgehead atoms. The van der Waals surface area contributed by atoms with Crippen LogP contribution in [0.15, 0.2) is 72.8 Å². The molecule has 0 radical (unpaired) electrons. The Morgan fingerprint density at radius 2 is 0.792 bits per heavy atom. The Hall–Kier alpha value is -4.58. The fourth-order valence-corrected chi connectivity index (χ4v) is 7.40. The first-order chi connectivity index (χ1) is 23.4. The topological polar surface area (TPSA) is 84.5 Å². The second-order valence-electron chi connectivity index (χ2n) is 13.4. The fourth-order valence-electron chi connectivity index (χ4n) is 7.40. The molecule has 0 amide bonds.